The van der Waals surface area contributed by atoms with Crippen molar-refractivity contribution in [2.45, 2.75) is 45.1 Å². The van der Waals surface area contributed by atoms with Crippen LogP contribution in [-0.4, -0.2) is 12.0 Å². The van der Waals surface area contributed by atoms with Crippen molar-refractivity contribution in [1.82, 2.24) is 0 Å². The van der Waals surface area contributed by atoms with Crippen molar-refractivity contribution < 1.29 is 9.53 Å². The summed E-state index contributed by atoms with van der Waals surface area (Å²) in [5, 5.41) is 5.20. The van der Waals surface area contributed by atoms with E-state index in [4.69, 9.17) is 4.74 Å². The van der Waals surface area contributed by atoms with Crippen LogP contribution in [-0.2, 0) is 17.6 Å². The van der Waals surface area contributed by atoms with E-state index < -0.39 is 6.10 Å². The fraction of sp³-hybridized carbons (Fsp3) is 0.292. The molecule has 1 amide bonds. The fourth-order valence-electron chi connectivity index (χ4n) is 3.82. The van der Waals surface area contributed by atoms with Gasteiger partial charge in [0.15, 0.2) is 6.10 Å². The van der Waals surface area contributed by atoms with Crippen molar-refractivity contribution in [2.75, 3.05) is 5.32 Å². The quantitative estimate of drug-likeness (QED) is 0.652. The number of benzene rings is 3. The van der Waals surface area contributed by atoms with Gasteiger partial charge in [0.2, 0.25) is 0 Å². The maximum atomic E-state index is 12.8. The number of ether oxygens (including phenoxy) is 1. The largest absolute Gasteiger partial charge is 0.481 e. The highest BCUT2D eigenvalue weighted by Crippen LogP contribution is 2.27. The summed E-state index contributed by atoms with van der Waals surface area (Å²) in [5.41, 5.74) is 3.61. The monoisotopic (exact) mass is 359 g/mol. The van der Waals surface area contributed by atoms with Crippen LogP contribution in [0, 0.1) is 0 Å². The van der Waals surface area contributed by atoms with Gasteiger partial charge in [0.25, 0.3) is 5.91 Å². The number of anilines is 1. The first-order valence-corrected chi connectivity index (χ1v) is 9.81. The lowest BCUT2D eigenvalue weighted by atomic mass is 9.92. The van der Waals surface area contributed by atoms with Crippen LogP contribution in [0.4, 0.5) is 5.69 Å². The molecule has 4 rings (SSSR count). The summed E-state index contributed by atoms with van der Waals surface area (Å²) in [6.45, 7) is 1.98. The van der Waals surface area contributed by atoms with E-state index in [1.165, 1.54) is 24.0 Å². The summed E-state index contributed by atoms with van der Waals surface area (Å²) in [6.07, 6.45) is 4.85. The Hall–Kier alpha value is -2.81. The Morgan fingerprint density at radius 3 is 2.63 bits per heavy atom. The number of nitrogens with one attached hydrogen (secondary N) is 1. The van der Waals surface area contributed by atoms with Crippen LogP contribution >= 0.6 is 0 Å². The van der Waals surface area contributed by atoms with Crippen molar-refractivity contribution in [3.8, 4) is 5.75 Å². The Morgan fingerprint density at radius 2 is 1.78 bits per heavy atom. The van der Waals surface area contributed by atoms with Gasteiger partial charge in [0.1, 0.15) is 5.75 Å². The molecule has 0 aromatic heterocycles. The van der Waals surface area contributed by atoms with Crippen molar-refractivity contribution in [3.05, 3.63) is 71.8 Å². The van der Waals surface area contributed by atoms with Crippen LogP contribution in [0.1, 0.15) is 37.3 Å². The van der Waals surface area contributed by atoms with E-state index in [2.05, 4.69) is 17.4 Å². The first-order chi connectivity index (χ1) is 13.2. The minimum absolute atomic E-state index is 0.105. The maximum absolute atomic E-state index is 12.8. The van der Waals surface area contributed by atoms with E-state index in [-0.39, 0.29) is 5.91 Å². The molecule has 0 saturated carbocycles. The van der Waals surface area contributed by atoms with E-state index in [0.717, 1.165) is 35.1 Å². The van der Waals surface area contributed by atoms with Crippen molar-refractivity contribution in [3.63, 3.8) is 0 Å². The summed E-state index contributed by atoms with van der Waals surface area (Å²) in [7, 11) is 0. The van der Waals surface area contributed by atoms with Gasteiger partial charge in [-0.05, 0) is 66.8 Å². The molecule has 3 aromatic rings. The van der Waals surface area contributed by atoms with Crippen LogP contribution in [0.3, 0.4) is 0 Å². The van der Waals surface area contributed by atoms with Crippen molar-refractivity contribution in [1.29, 1.82) is 0 Å². The number of rotatable bonds is 5. The van der Waals surface area contributed by atoms with Crippen LogP contribution in [0.5, 0.6) is 5.75 Å². The standard InChI is InChI=1S/C24H25NO2/c1-2-23(27-20-15-14-17-8-3-4-10-19(17)16-20)24(26)25-22-13-7-11-18-9-5-6-12-21(18)22/h5-7,9,11-16,23H,2-4,8,10H2,1H3,(H,25,26). The van der Waals surface area contributed by atoms with E-state index in [9.17, 15) is 4.79 Å². The molecular weight excluding hydrogens is 334 g/mol. The van der Waals surface area contributed by atoms with Gasteiger partial charge in [-0.15, -0.1) is 0 Å². The highest BCUT2D eigenvalue weighted by Gasteiger charge is 2.20. The van der Waals surface area contributed by atoms with Crippen LogP contribution in [0.2, 0.25) is 0 Å². The Kier molecular flexibility index (Phi) is 5.10. The van der Waals surface area contributed by atoms with Gasteiger partial charge in [-0.2, -0.15) is 0 Å². The molecule has 27 heavy (non-hydrogen) atoms. The first kappa shape index (κ1) is 17.6. The summed E-state index contributed by atoms with van der Waals surface area (Å²) in [6, 6.07) is 20.3. The summed E-state index contributed by atoms with van der Waals surface area (Å²) < 4.78 is 6.06. The van der Waals surface area contributed by atoms with E-state index in [0.29, 0.717) is 6.42 Å². The molecule has 0 spiro atoms. The smallest absolute Gasteiger partial charge is 0.265 e. The molecule has 1 N–H and O–H groups in total. The zero-order valence-corrected chi connectivity index (χ0v) is 15.7. The molecule has 0 aliphatic heterocycles. The lowest BCUT2D eigenvalue weighted by Crippen LogP contribution is -2.32. The number of amides is 1. The number of carbonyl (C=O) groups excluding carboxylic acids is 1. The molecule has 0 saturated heterocycles. The average Bonchev–Trinajstić information content (AvgIpc) is 2.72. The Balaban J connectivity index is 1.51. The van der Waals surface area contributed by atoms with Gasteiger partial charge in [0, 0.05) is 11.1 Å². The van der Waals surface area contributed by atoms with Crippen LogP contribution in [0.25, 0.3) is 10.8 Å². The van der Waals surface area contributed by atoms with E-state index in [1.807, 2.05) is 55.5 Å². The molecule has 3 heteroatoms. The number of aryl methyl sites for hydroxylation is 2. The van der Waals surface area contributed by atoms with Crippen molar-refractivity contribution >= 4 is 22.4 Å². The molecule has 1 aliphatic rings. The number of fused-ring (bicyclic) bond motifs is 2. The molecular formula is C24H25NO2. The first-order valence-electron chi connectivity index (χ1n) is 9.81. The minimum Gasteiger partial charge on any atom is -0.481 e. The number of carbonyl (C=O) groups is 1. The second-order valence-electron chi connectivity index (χ2n) is 7.17. The average molecular weight is 359 g/mol. The molecule has 0 fully saturated rings. The SMILES string of the molecule is CCC(Oc1ccc2c(c1)CCCC2)C(=O)Nc1cccc2ccccc12. The van der Waals surface area contributed by atoms with Crippen LogP contribution in [0.15, 0.2) is 60.7 Å². The molecule has 3 aromatic carbocycles. The third-order valence-corrected chi connectivity index (χ3v) is 5.31. The summed E-state index contributed by atoms with van der Waals surface area (Å²) >= 11 is 0. The van der Waals surface area contributed by atoms with E-state index in [1.54, 1.807) is 0 Å². The van der Waals surface area contributed by atoms with Gasteiger partial charge < -0.3 is 10.1 Å². The lowest BCUT2D eigenvalue weighted by molar-refractivity contribution is -0.122. The summed E-state index contributed by atoms with van der Waals surface area (Å²) in [5.74, 6) is 0.683. The van der Waals surface area contributed by atoms with Gasteiger partial charge in [-0.3, -0.25) is 4.79 Å². The second kappa shape index (κ2) is 7.83. The number of hydrogen-bond acceptors (Lipinski definition) is 2. The molecule has 0 heterocycles. The predicted octanol–water partition coefficient (Wildman–Crippen LogP) is 5.51. The van der Waals surface area contributed by atoms with Crippen molar-refractivity contribution in [2.24, 2.45) is 0 Å². The topological polar surface area (TPSA) is 38.3 Å². The third kappa shape index (κ3) is 3.82. The Morgan fingerprint density at radius 1 is 1.00 bits per heavy atom. The zero-order chi connectivity index (χ0) is 18.6. The third-order valence-electron chi connectivity index (χ3n) is 5.31. The normalized spacial score (nSPS) is 14.4. The van der Waals surface area contributed by atoms with Gasteiger partial charge in [-0.1, -0.05) is 49.4 Å². The summed E-state index contributed by atoms with van der Waals surface area (Å²) in [4.78, 5) is 12.8. The molecule has 0 bridgehead atoms. The predicted molar refractivity (Wildman–Crippen MR) is 110 cm³/mol. The highest BCUT2D eigenvalue weighted by molar-refractivity contribution is 6.03. The molecule has 1 aliphatic carbocycles. The van der Waals surface area contributed by atoms with Gasteiger partial charge >= 0.3 is 0 Å². The Bertz CT molecular complexity index is 958. The van der Waals surface area contributed by atoms with Gasteiger partial charge in [0.05, 0.1) is 0 Å². The molecule has 1 unspecified atom stereocenters. The van der Waals surface area contributed by atoms with Crippen LogP contribution < -0.4 is 10.1 Å². The van der Waals surface area contributed by atoms with E-state index >= 15 is 0 Å². The fourth-order valence-corrected chi connectivity index (χ4v) is 3.82. The Labute approximate surface area is 160 Å². The highest BCUT2D eigenvalue weighted by atomic mass is 16.5. The van der Waals surface area contributed by atoms with Gasteiger partial charge in [-0.25, -0.2) is 0 Å². The second-order valence-corrected chi connectivity index (χ2v) is 7.17. The minimum atomic E-state index is -0.509. The molecule has 1 atom stereocenters. The maximum Gasteiger partial charge on any atom is 0.265 e. The number of hydrogen-bond donors (Lipinski definition) is 1. The lowest BCUT2D eigenvalue weighted by Gasteiger charge is -2.21. The zero-order valence-electron chi connectivity index (χ0n) is 15.7. The molecule has 138 valence electrons. The molecule has 3 nitrogen and oxygen atoms in total. The molecule has 0 radical (unpaired) electrons.